The number of esters is 1. The van der Waals surface area contributed by atoms with E-state index in [2.05, 4.69) is 21.2 Å². The average Bonchev–Trinajstić information content (AvgIpc) is 2.60. The number of carbonyl (C=O) groups excluding carboxylic acids is 2. The summed E-state index contributed by atoms with van der Waals surface area (Å²) in [6.07, 6.45) is 3.00. The van der Waals surface area contributed by atoms with Crippen molar-refractivity contribution in [2.45, 2.75) is 6.54 Å². The van der Waals surface area contributed by atoms with Gasteiger partial charge in [0.1, 0.15) is 0 Å². The zero-order valence-electron chi connectivity index (χ0n) is 13.5. The number of rotatable bonds is 6. The van der Waals surface area contributed by atoms with Gasteiger partial charge in [-0.15, -0.1) is 0 Å². The summed E-state index contributed by atoms with van der Waals surface area (Å²) in [6, 6.07) is 12.1. The molecule has 0 aliphatic rings. The zero-order valence-corrected chi connectivity index (χ0v) is 15.1. The number of benzene rings is 2. The summed E-state index contributed by atoms with van der Waals surface area (Å²) in [4.78, 5) is 22.9. The quantitative estimate of drug-likeness (QED) is 0.439. The molecular formula is C18H17BrN2O4. The first-order valence-electron chi connectivity index (χ1n) is 7.34. The van der Waals surface area contributed by atoms with Crippen LogP contribution >= 0.6 is 15.9 Å². The molecular weight excluding hydrogens is 388 g/mol. The van der Waals surface area contributed by atoms with Crippen molar-refractivity contribution in [3.8, 4) is 11.5 Å². The van der Waals surface area contributed by atoms with Crippen LogP contribution in [0.5, 0.6) is 11.5 Å². The minimum Gasteiger partial charge on any atom is -0.493 e. The molecule has 0 atom stereocenters. The molecule has 0 saturated heterocycles. The molecule has 0 unspecified atom stereocenters. The Morgan fingerprint density at radius 3 is 2.60 bits per heavy atom. The second-order valence-corrected chi connectivity index (χ2v) is 5.85. The summed E-state index contributed by atoms with van der Waals surface area (Å²) >= 11 is 3.35. The van der Waals surface area contributed by atoms with Crippen molar-refractivity contribution in [3.63, 3.8) is 0 Å². The van der Waals surface area contributed by atoms with E-state index >= 15 is 0 Å². The molecule has 2 rings (SSSR count). The average molecular weight is 405 g/mol. The van der Waals surface area contributed by atoms with E-state index in [0.717, 1.165) is 11.1 Å². The number of urea groups is 1. The Bertz CT molecular complexity index is 791. The zero-order chi connectivity index (χ0) is 18.2. The van der Waals surface area contributed by atoms with Gasteiger partial charge in [0.25, 0.3) is 0 Å². The number of amides is 2. The minimum absolute atomic E-state index is 0.229. The molecule has 0 aliphatic heterocycles. The second kappa shape index (κ2) is 8.89. The molecule has 0 radical (unpaired) electrons. The van der Waals surface area contributed by atoms with Crippen LogP contribution in [0.15, 0.2) is 53.0 Å². The molecule has 0 spiro atoms. The number of nitrogens with two attached hydrogens (primary N) is 1. The first-order valence-corrected chi connectivity index (χ1v) is 8.13. The van der Waals surface area contributed by atoms with Crippen LogP contribution in [-0.4, -0.2) is 19.1 Å². The molecule has 0 aromatic heterocycles. The number of primary amides is 1. The van der Waals surface area contributed by atoms with Crippen LogP contribution in [-0.2, 0) is 11.3 Å². The standard InChI is InChI=1S/C18H17BrN2O4/c1-24-15-10-13(11-21-18(20)23)9-14(19)17(15)25-16(22)8-7-12-5-3-2-4-6-12/h2-10H,11H2,1H3,(H3,20,21,23). The third kappa shape index (κ3) is 5.65. The molecule has 130 valence electrons. The molecule has 2 aromatic rings. The van der Waals surface area contributed by atoms with Gasteiger partial charge >= 0.3 is 12.0 Å². The van der Waals surface area contributed by atoms with Crippen LogP contribution in [0.4, 0.5) is 4.79 Å². The van der Waals surface area contributed by atoms with Gasteiger partial charge in [-0.1, -0.05) is 30.3 Å². The van der Waals surface area contributed by atoms with Crippen LogP contribution in [0.25, 0.3) is 6.08 Å². The molecule has 0 heterocycles. The fourth-order valence-corrected chi connectivity index (χ4v) is 2.60. The Morgan fingerprint density at radius 1 is 1.24 bits per heavy atom. The van der Waals surface area contributed by atoms with Gasteiger partial charge in [-0.05, 0) is 45.3 Å². The SMILES string of the molecule is COc1cc(CNC(N)=O)cc(Br)c1OC(=O)C=Cc1ccccc1. The number of hydrogen-bond acceptors (Lipinski definition) is 4. The third-order valence-corrected chi connectivity index (χ3v) is 3.76. The fraction of sp³-hybridized carbons (Fsp3) is 0.111. The minimum atomic E-state index is -0.628. The summed E-state index contributed by atoms with van der Waals surface area (Å²) < 4.78 is 11.1. The third-order valence-electron chi connectivity index (χ3n) is 3.17. The highest BCUT2D eigenvalue weighted by Gasteiger charge is 2.14. The van der Waals surface area contributed by atoms with E-state index in [4.69, 9.17) is 15.2 Å². The van der Waals surface area contributed by atoms with Crippen LogP contribution in [0.2, 0.25) is 0 Å². The molecule has 25 heavy (non-hydrogen) atoms. The Balaban J connectivity index is 2.13. The van der Waals surface area contributed by atoms with Crippen LogP contribution in [0.1, 0.15) is 11.1 Å². The molecule has 2 amide bonds. The lowest BCUT2D eigenvalue weighted by Crippen LogP contribution is -2.28. The Kier molecular flexibility index (Phi) is 6.59. The first kappa shape index (κ1) is 18.5. The van der Waals surface area contributed by atoms with Gasteiger partial charge in [0.05, 0.1) is 11.6 Å². The van der Waals surface area contributed by atoms with Crippen molar-refractivity contribution in [2.75, 3.05) is 7.11 Å². The summed E-state index contributed by atoms with van der Waals surface area (Å²) in [5.41, 5.74) is 6.68. The van der Waals surface area contributed by atoms with Crippen LogP contribution in [0.3, 0.4) is 0 Å². The molecule has 0 fully saturated rings. The van der Waals surface area contributed by atoms with Gasteiger partial charge < -0.3 is 20.5 Å². The van der Waals surface area contributed by atoms with Crippen molar-refractivity contribution < 1.29 is 19.1 Å². The van der Waals surface area contributed by atoms with E-state index in [-0.39, 0.29) is 12.3 Å². The van der Waals surface area contributed by atoms with E-state index in [1.54, 1.807) is 18.2 Å². The highest BCUT2D eigenvalue weighted by Crippen LogP contribution is 2.36. The van der Waals surface area contributed by atoms with Gasteiger partial charge in [0.15, 0.2) is 11.5 Å². The summed E-state index contributed by atoms with van der Waals surface area (Å²) in [5, 5.41) is 2.48. The highest BCUT2D eigenvalue weighted by molar-refractivity contribution is 9.10. The maximum absolute atomic E-state index is 12.0. The lowest BCUT2D eigenvalue weighted by atomic mass is 10.2. The Hall–Kier alpha value is -2.80. The van der Waals surface area contributed by atoms with Crippen molar-refractivity contribution in [2.24, 2.45) is 5.73 Å². The van der Waals surface area contributed by atoms with Gasteiger partial charge in [-0.3, -0.25) is 0 Å². The number of hydrogen-bond donors (Lipinski definition) is 2. The molecule has 2 aromatic carbocycles. The fourth-order valence-electron chi connectivity index (χ4n) is 2.03. The largest absolute Gasteiger partial charge is 0.493 e. The molecule has 0 bridgehead atoms. The predicted molar refractivity (Wildman–Crippen MR) is 98.2 cm³/mol. The molecule has 0 aliphatic carbocycles. The van der Waals surface area contributed by atoms with Crippen molar-refractivity contribution in [1.29, 1.82) is 0 Å². The smallest absolute Gasteiger partial charge is 0.336 e. The summed E-state index contributed by atoms with van der Waals surface area (Å²) in [6.45, 7) is 0.229. The Labute approximate surface area is 153 Å². The highest BCUT2D eigenvalue weighted by atomic mass is 79.9. The van der Waals surface area contributed by atoms with Crippen LogP contribution < -0.4 is 20.5 Å². The normalized spacial score (nSPS) is 10.5. The van der Waals surface area contributed by atoms with E-state index in [9.17, 15) is 9.59 Å². The summed E-state index contributed by atoms with van der Waals surface area (Å²) in [7, 11) is 1.46. The first-order chi connectivity index (χ1) is 12.0. The van der Waals surface area contributed by atoms with E-state index in [1.165, 1.54) is 13.2 Å². The number of carbonyl (C=O) groups is 2. The van der Waals surface area contributed by atoms with Crippen molar-refractivity contribution in [1.82, 2.24) is 5.32 Å². The monoisotopic (exact) mass is 404 g/mol. The van der Waals surface area contributed by atoms with Gasteiger partial charge in [-0.2, -0.15) is 0 Å². The maximum atomic E-state index is 12.0. The number of methoxy groups -OCH3 is 1. The lowest BCUT2D eigenvalue weighted by Gasteiger charge is -2.12. The lowest BCUT2D eigenvalue weighted by molar-refractivity contribution is -0.129. The molecule has 7 heteroatoms. The van der Waals surface area contributed by atoms with Crippen LogP contribution in [0, 0.1) is 0 Å². The number of nitrogens with one attached hydrogen (secondary N) is 1. The topological polar surface area (TPSA) is 90.7 Å². The van der Waals surface area contributed by atoms with E-state index in [1.807, 2.05) is 30.3 Å². The van der Waals surface area contributed by atoms with E-state index < -0.39 is 12.0 Å². The molecule has 6 nitrogen and oxygen atoms in total. The van der Waals surface area contributed by atoms with Crippen molar-refractivity contribution in [3.05, 3.63) is 64.1 Å². The predicted octanol–water partition coefficient (Wildman–Crippen LogP) is 3.24. The van der Waals surface area contributed by atoms with Gasteiger partial charge in [0.2, 0.25) is 0 Å². The van der Waals surface area contributed by atoms with Gasteiger partial charge in [0, 0.05) is 12.6 Å². The summed E-state index contributed by atoms with van der Waals surface area (Å²) in [5.74, 6) is 0.0796. The van der Waals surface area contributed by atoms with E-state index in [0.29, 0.717) is 10.2 Å². The van der Waals surface area contributed by atoms with Crippen molar-refractivity contribution >= 4 is 34.0 Å². The van der Waals surface area contributed by atoms with Gasteiger partial charge in [-0.25, -0.2) is 9.59 Å². The Morgan fingerprint density at radius 2 is 1.96 bits per heavy atom. The maximum Gasteiger partial charge on any atom is 0.336 e. The number of ether oxygens (including phenoxy) is 2. The molecule has 3 N–H and O–H groups in total. The number of halogens is 1. The molecule has 0 saturated carbocycles. The second-order valence-electron chi connectivity index (χ2n) is 4.99.